The van der Waals surface area contributed by atoms with Gasteiger partial charge < -0.3 is 9.84 Å². The molecule has 2 aromatic rings. The molecule has 1 heterocycles. The Morgan fingerprint density at radius 3 is 2.39 bits per heavy atom. The number of para-hydroxylation sites is 1. The molecule has 0 atom stereocenters. The second-order valence-electron chi connectivity index (χ2n) is 3.90. The van der Waals surface area contributed by atoms with E-state index in [2.05, 4.69) is 15.0 Å². The van der Waals surface area contributed by atoms with Gasteiger partial charge in [-0.3, -0.25) is 20.3 Å². The van der Waals surface area contributed by atoms with Crippen LogP contribution in [0.3, 0.4) is 0 Å². The van der Waals surface area contributed by atoms with Gasteiger partial charge in [-0.2, -0.15) is 9.97 Å². The highest BCUT2D eigenvalue weighted by Crippen LogP contribution is 2.22. The fraction of sp³-hybridized carbons (Fsp3) is 0.143. The number of hydrogen-bond donors (Lipinski definition) is 3. The lowest BCUT2D eigenvalue weighted by Crippen LogP contribution is -2.34. The van der Waals surface area contributed by atoms with E-state index in [9.17, 15) is 9.59 Å². The highest BCUT2D eigenvalue weighted by Gasteiger charge is 2.18. The Labute approximate surface area is 131 Å². The predicted octanol–water partition coefficient (Wildman–Crippen LogP) is 0.303. The van der Waals surface area contributed by atoms with E-state index in [4.69, 9.17) is 15.3 Å². The molecule has 0 saturated heterocycles. The van der Waals surface area contributed by atoms with E-state index in [1.807, 2.05) is 5.32 Å². The molecule has 0 bridgehead atoms. The highest BCUT2D eigenvalue weighted by molar-refractivity contribution is 6.46. The molecule has 0 unspecified atom stereocenters. The molecule has 2 rings (SSSR count). The van der Waals surface area contributed by atoms with Crippen molar-refractivity contribution in [3.05, 3.63) is 42.5 Å². The van der Waals surface area contributed by atoms with Crippen LogP contribution in [0.4, 0.5) is 0 Å². The molecule has 0 aliphatic carbocycles. The minimum Gasteiger partial charge on any atom is -0.423 e. The Morgan fingerprint density at radius 2 is 1.78 bits per heavy atom. The molecule has 0 saturated carbocycles. The molecule has 9 nitrogen and oxygen atoms in total. The molecule has 9 heteroatoms. The van der Waals surface area contributed by atoms with Gasteiger partial charge in [-0.05, 0) is 12.1 Å². The summed E-state index contributed by atoms with van der Waals surface area (Å²) in [6.07, 6.45) is 2.53. The first-order chi connectivity index (χ1) is 11.1. The molecule has 1 aromatic carbocycles. The van der Waals surface area contributed by atoms with Gasteiger partial charge in [0, 0.05) is 19.6 Å². The number of carbonyl (C=O) groups is 2. The van der Waals surface area contributed by atoms with Crippen molar-refractivity contribution < 1.29 is 19.4 Å². The third-order valence-corrected chi connectivity index (χ3v) is 2.34. The summed E-state index contributed by atoms with van der Waals surface area (Å²) in [4.78, 5) is 33.8. The van der Waals surface area contributed by atoms with Crippen molar-refractivity contribution in [3.8, 4) is 11.8 Å². The number of benzene rings is 1. The van der Waals surface area contributed by atoms with Crippen molar-refractivity contribution >= 4 is 17.5 Å². The Bertz CT molecular complexity index is 691. The summed E-state index contributed by atoms with van der Waals surface area (Å²) >= 11 is 0. The van der Waals surface area contributed by atoms with Crippen molar-refractivity contribution in [2.75, 3.05) is 7.11 Å². The van der Waals surface area contributed by atoms with Gasteiger partial charge in [0.25, 0.3) is 5.91 Å². The van der Waals surface area contributed by atoms with E-state index in [1.165, 1.54) is 25.6 Å². The monoisotopic (exact) mass is 317 g/mol. The molecule has 0 spiro atoms. The molecule has 0 radical (unpaired) electrons. The second-order valence-corrected chi connectivity index (χ2v) is 3.90. The molecular formula is C14H15N5O4. The zero-order chi connectivity index (χ0) is 17.2. The van der Waals surface area contributed by atoms with Gasteiger partial charge in [-0.15, -0.1) is 0 Å². The number of nitrogens with one attached hydrogen (secondary N) is 2. The Morgan fingerprint density at radius 1 is 1.17 bits per heavy atom. The number of aromatic nitrogens is 3. The lowest BCUT2D eigenvalue weighted by atomic mass is 10.1. The van der Waals surface area contributed by atoms with Crippen LogP contribution >= 0.6 is 0 Å². The van der Waals surface area contributed by atoms with Gasteiger partial charge in [0.1, 0.15) is 24.1 Å². The fourth-order valence-corrected chi connectivity index (χ4v) is 1.49. The number of aliphatic hydroxyl groups excluding tert-OH is 1. The van der Waals surface area contributed by atoms with E-state index in [-0.39, 0.29) is 17.3 Å². The first-order valence-electron chi connectivity index (χ1n) is 6.32. The quantitative estimate of drug-likeness (QED) is 0.689. The van der Waals surface area contributed by atoms with Crippen LogP contribution < -0.4 is 10.1 Å². The van der Waals surface area contributed by atoms with Crippen molar-refractivity contribution in [2.24, 2.45) is 0 Å². The number of imide groups is 1. The van der Waals surface area contributed by atoms with Crippen LogP contribution in [0.5, 0.6) is 11.8 Å². The summed E-state index contributed by atoms with van der Waals surface area (Å²) in [7, 11) is 1.00. The van der Waals surface area contributed by atoms with Gasteiger partial charge in [-0.25, -0.2) is 4.98 Å². The second kappa shape index (κ2) is 8.95. The zero-order valence-corrected chi connectivity index (χ0v) is 12.5. The number of carbonyl (C=O) groups excluding carboxylic acids is 2. The van der Waals surface area contributed by atoms with Gasteiger partial charge in [-0.1, -0.05) is 12.1 Å². The summed E-state index contributed by atoms with van der Waals surface area (Å²) in [6, 6.07) is 6.45. The molecule has 2 amide bonds. The summed E-state index contributed by atoms with van der Waals surface area (Å²) in [5.41, 5.74) is -0.175. The molecule has 0 aliphatic heterocycles. The average Bonchev–Trinajstić information content (AvgIpc) is 2.57. The molecule has 1 aromatic heterocycles. The van der Waals surface area contributed by atoms with E-state index in [0.29, 0.717) is 0 Å². The van der Waals surface area contributed by atoms with E-state index >= 15 is 0 Å². The lowest BCUT2D eigenvalue weighted by Gasteiger charge is -2.09. The number of aliphatic hydroxyl groups is 1. The molecule has 0 fully saturated rings. The van der Waals surface area contributed by atoms with Crippen LogP contribution in [0.1, 0.15) is 12.5 Å². The SMILES string of the molecule is CC(=O)NC(=O)C(=N)c1ccccc1Oc1ncncn1.CO. The first-order valence-corrected chi connectivity index (χ1v) is 6.32. The van der Waals surface area contributed by atoms with Crippen LogP contribution in [0.15, 0.2) is 36.9 Å². The first kappa shape index (κ1) is 17.9. The molecular weight excluding hydrogens is 302 g/mol. The number of rotatable bonds is 4. The maximum atomic E-state index is 11.7. The maximum Gasteiger partial charge on any atom is 0.324 e. The molecule has 3 N–H and O–H groups in total. The van der Waals surface area contributed by atoms with E-state index < -0.39 is 17.5 Å². The molecule has 23 heavy (non-hydrogen) atoms. The van der Waals surface area contributed by atoms with Crippen LogP contribution in [0.2, 0.25) is 0 Å². The Hall–Kier alpha value is -3.20. The standard InChI is InChI=1S/C13H11N5O3.CH4O/c1-8(19)18-12(20)11(14)9-4-2-3-5-10(9)21-13-16-6-15-7-17-13;1-2/h2-7,14H,1H3,(H,18,19,20);2H,1H3. The lowest BCUT2D eigenvalue weighted by molar-refractivity contribution is -0.125. The van der Waals surface area contributed by atoms with Gasteiger partial charge in [0.05, 0.1) is 0 Å². The zero-order valence-electron chi connectivity index (χ0n) is 12.5. The van der Waals surface area contributed by atoms with Gasteiger partial charge >= 0.3 is 6.01 Å². The topological polar surface area (TPSA) is 138 Å². The van der Waals surface area contributed by atoms with E-state index in [1.54, 1.807) is 18.2 Å². The van der Waals surface area contributed by atoms with Crippen molar-refractivity contribution in [3.63, 3.8) is 0 Å². The minimum absolute atomic E-state index is 0.0391. The fourth-order valence-electron chi connectivity index (χ4n) is 1.49. The normalized spacial score (nSPS) is 9.17. The maximum absolute atomic E-state index is 11.7. The van der Waals surface area contributed by atoms with Crippen LogP contribution in [0, 0.1) is 5.41 Å². The number of hydrogen-bond acceptors (Lipinski definition) is 8. The smallest absolute Gasteiger partial charge is 0.324 e. The predicted molar refractivity (Wildman–Crippen MR) is 80.1 cm³/mol. The van der Waals surface area contributed by atoms with Crippen molar-refractivity contribution in [2.45, 2.75) is 6.92 Å². The number of nitrogens with zero attached hydrogens (tertiary/aromatic N) is 3. The third kappa shape index (κ3) is 5.25. The van der Waals surface area contributed by atoms with Crippen LogP contribution in [0.25, 0.3) is 0 Å². The molecule has 120 valence electrons. The summed E-state index contributed by atoms with van der Waals surface area (Å²) in [5, 5.41) is 16.9. The van der Waals surface area contributed by atoms with Gasteiger partial charge in [0.2, 0.25) is 5.91 Å². The van der Waals surface area contributed by atoms with Crippen molar-refractivity contribution in [1.82, 2.24) is 20.3 Å². The highest BCUT2D eigenvalue weighted by atomic mass is 16.5. The largest absolute Gasteiger partial charge is 0.423 e. The number of ether oxygens (including phenoxy) is 1. The van der Waals surface area contributed by atoms with Crippen LogP contribution in [-0.4, -0.2) is 44.7 Å². The molecule has 0 aliphatic rings. The summed E-state index contributed by atoms with van der Waals surface area (Å²) in [6.45, 7) is 1.19. The van der Waals surface area contributed by atoms with Crippen molar-refractivity contribution in [1.29, 1.82) is 5.41 Å². The van der Waals surface area contributed by atoms with Gasteiger partial charge in [0.15, 0.2) is 0 Å². The summed E-state index contributed by atoms with van der Waals surface area (Å²) in [5.74, 6) is -1.12. The van der Waals surface area contributed by atoms with E-state index in [0.717, 1.165) is 7.11 Å². The third-order valence-electron chi connectivity index (χ3n) is 2.34. The average molecular weight is 317 g/mol. The summed E-state index contributed by atoms with van der Waals surface area (Å²) < 4.78 is 5.42. The van der Waals surface area contributed by atoms with Crippen LogP contribution in [-0.2, 0) is 9.59 Å². The number of amides is 2. The Kier molecular flexibility index (Phi) is 6.95. The Balaban J connectivity index is 0.00000127. The minimum atomic E-state index is -0.811.